The molecular weight excluding hydrogens is 324 g/mol. The molecule has 5 nitrogen and oxygen atoms in total. The van der Waals surface area contributed by atoms with Crippen molar-refractivity contribution >= 4 is 15.9 Å². The quantitative estimate of drug-likeness (QED) is 0.846. The van der Waals surface area contributed by atoms with Crippen molar-refractivity contribution in [3.05, 3.63) is 65.7 Å². The lowest BCUT2D eigenvalue weighted by molar-refractivity contribution is 0.0939. The van der Waals surface area contributed by atoms with Crippen molar-refractivity contribution in [3.63, 3.8) is 0 Å². The first-order chi connectivity index (χ1) is 11.5. The van der Waals surface area contributed by atoms with E-state index in [1.165, 1.54) is 12.1 Å². The Balaban J connectivity index is 1.74. The highest BCUT2D eigenvalue weighted by Crippen LogP contribution is 2.22. The second kappa shape index (κ2) is 6.75. The fourth-order valence-corrected chi connectivity index (χ4v) is 3.75. The number of hydrogen-bond acceptors (Lipinski definition) is 3. The lowest BCUT2D eigenvalue weighted by Crippen LogP contribution is -2.28. The Kier molecular flexibility index (Phi) is 4.69. The van der Waals surface area contributed by atoms with Crippen LogP contribution in [0.1, 0.15) is 41.7 Å². The molecule has 126 valence electrons. The van der Waals surface area contributed by atoms with Gasteiger partial charge in [0.1, 0.15) is 0 Å². The predicted molar refractivity (Wildman–Crippen MR) is 92.1 cm³/mol. The van der Waals surface area contributed by atoms with Gasteiger partial charge in [-0.3, -0.25) is 4.79 Å². The second-order valence-electron chi connectivity index (χ2n) is 6.03. The third-order valence-electron chi connectivity index (χ3n) is 3.95. The predicted octanol–water partition coefficient (Wildman–Crippen LogP) is 2.62. The van der Waals surface area contributed by atoms with E-state index in [4.69, 9.17) is 0 Å². The number of carbonyl (C=O) groups excluding carboxylic acids is 1. The highest BCUT2D eigenvalue weighted by molar-refractivity contribution is 7.89. The van der Waals surface area contributed by atoms with Crippen LogP contribution >= 0.6 is 0 Å². The Bertz CT molecular complexity index is 830. The number of hydrogen-bond donors (Lipinski definition) is 2. The zero-order valence-corrected chi connectivity index (χ0v) is 14.2. The van der Waals surface area contributed by atoms with Crippen molar-refractivity contribution in [2.45, 2.75) is 36.7 Å². The summed E-state index contributed by atoms with van der Waals surface area (Å²) >= 11 is 0. The van der Waals surface area contributed by atoms with Crippen LogP contribution in [-0.4, -0.2) is 20.4 Å². The highest BCUT2D eigenvalue weighted by Gasteiger charge is 2.28. The molecule has 0 radical (unpaired) electrons. The maximum absolute atomic E-state index is 12.4. The van der Waals surface area contributed by atoms with Crippen molar-refractivity contribution in [1.29, 1.82) is 0 Å². The van der Waals surface area contributed by atoms with E-state index in [1.54, 1.807) is 12.1 Å². The van der Waals surface area contributed by atoms with E-state index in [-0.39, 0.29) is 22.9 Å². The van der Waals surface area contributed by atoms with Crippen molar-refractivity contribution in [1.82, 2.24) is 10.0 Å². The van der Waals surface area contributed by atoms with Gasteiger partial charge in [0, 0.05) is 11.6 Å². The number of sulfonamides is 1. The van der Waals surface area contributed by atoms with E-state index < -0.39 is 10.0 Å². The number of amides is 1. The molecule has 0 saturated heterocycles. The maximum Gasteiger partial charge on any atom is 0.251 e. The molecule has 6 heteroatoms. The molecular formula is C18H20N2O3S. The molecule has 0 heterocycles. The molecule has 2 N–H and O–H groups in total. The minimum absolute atomic E-state index is 0.0329. The monoisotopic (exact) mass is 344 g/mol. The summed E-state index contributed by atoms with van der Waals surface area (Å²) in [5.41, 5.74) is 1.32. The molecule has 0 unspecified atom stereocenters. The zero-order chi connectivity index (χ0) is 17.2. The van der Waals surface area contributed by atoms with Gasteiger partial charge in [0.2, 0.25) is 10.0 Å². The lowest BCUT2D eigenvalue weighted by atomic mass is 10.1. The number of nitrogens with one attached hydrogen (secondary N) is 2. The van der Waals surface area contributed by atoms with Crippen LogP contribution in [0.25, 0.3) is 0 Å². The van der Waals surface area contributed by atoms with Crippen LogP contribution in [-0.2, 0) is 10.0 Å². The molecule has 0 aliphatic heterocycles. The molecule has 1 amide bonds. The van der Waals surface area contributed by atoms with Crippen LogP contribution in [0, 0.1) is 0 Å². The molecule has 3 rings (SSSR count). The summed E-state index contributed by atoms with van der Waals surface area (Å²) < 4.78 is 27.1. The van der Waals surface area contributed by atoms with Gasteiger partial charge in [-0.2, -0.15) is 0 Å². The van der Waals surface area contributed by atoms with Crippen molar-refractivity contribution in [3.8, 4) is 0 Å². The van der Waals surface area contributed by atoms with Crippen LogP contribution in [0.4, 0.5) is 0 Å². The fourth-order valence-electron chi connectivity index (χ4n) is 2.40. The average molecular weight is 344 g/mol. The molecule has 1 aliphatic carbocycles. The first kappa shape index (κ1) is 16.7. The molecule has 2 aromatic carbocycles. The summed E-state index contributed by atoms with van der Waals surface area (Å²) in [5, 5.41) is 2.89. The molecule has 1 fully saturated rings. The molecule has 2 aromatic rings. The van der Waals surface area contributed by atoms with E-state index in [9.17, 15) is 13.2 Å². The SMILES string of the molecule is C[C@@H](NC(=O)c1cccc(S(=O)(=O)NC2CC2)c1)c1ccccc1. The molecule has 0 bridgehead atoms. The Morgan fingerprint density at radius 3 is 2.46 bits per heavy atom. The van der Waals surface area contributed by atoms with Gasteiger partial charge < -0.3 is 5.32 Å². The summed E-state index contributed by atoms with van der Waals surface area (Å²) in [6, 6.07) is 15.6. The molecule has 1 atom stereocenters. The Labute approximate surface area is 142 Å². The standard InChI is InChI=1S/C18H20N2O3S/c1-13(14-6-3-2-4-7-14)19-18(21)15-8-5-9-17(12-15)24(22,23)20-16-10-11-16/h2-9,12-13,16,20H,10-11H2,1H3,(H,19,21)/t13-/m1/s1. The number of carbonyl (C=O) groups is 1. The van der Waals surface area contributed by atoms with Gasteiger partial charge in [0.05, 0.1) is 10.9 Å². The van der Waals surface area contributed by atoms with E-state index in [2.05, 4.69) is 10.0 Å². The van der Waals surface area contributed by atoms with E-state index >= 15 is 0 Å². The Morgan fingerprint density at radius 2 is 1.79 bits per heavy atom. The highest BCUT2D eigenvalue weighted by atomic mass is 32.2. The fraction of sp³-hybridized carbons (Fsp3) is 0.278. The van der Waals surface area contributed by atoms with Crippen LogP contribution < -0.4 is 10.0 Å². The average Bonchev–Trinajstić information content (AvgIpc) is 3.39. The van der Waals surface area contributed by atoms with Crippen molar-refractivity contribution in [2.75, 3.05) is 0 Å². The minimum atomic E-state index is -3.56. The molecule has 0 aromatic heterocycles. The summed E-state index contributed by atoms with van der Waals surface area (Å²) in [6.45, 7) is 1.89. The van der Waals surface area contributed by atoms with Crippen LogP contribution in [0.3, 0.4) is 0 Å². The van der Waals surface area contributed by atoms with Gasteiger partial charge in [0.25, 0.3) is 5.91 Å². The molecule has 1 aliphatic rings. The maximum atomic E-state index is 12.4. The molecule has 1 saturated carbocycles. The number of benzene rings is 2. The smallest absolute Gasteiger partial charge is 0.251 e. The normalized spacial score (nSPS) is 15.7. The van der Waals surface area contributed by atoms with Crippen molar-refractivity contribution < 1.29 is 13.2 Å². The van der Waals surface area contributed by atoms with Gasteiger partial charge in [-0.15, -0.1) is 0 Å². The Hall–Kier alpha value is -2.18. The summed E-state index contributed by atoms with van der Waals surface area (Å²) in [4.78, 5) is 12.5. The van der Waals surface area contributed by atoms with Gasteiger partial charge >= 0.3 is 0 Å². The van der Waals surface area contributed by atoms with Gasteiger partial charge in [-0.05, 0) is 43.5 Å². The third kappa shape index (κ3) is 4.01. The minimum Gasteiger partial charge on any atom is -0.346 e. The van der Waals surface area contributed by atoms with Gasteiger partial charge in [-0.1, -0.05) is 36.4 Å². The number of rotatable bonds is 6. The summed E-state index contributed by atoms with van der Waals surface area (Å²) in [5.74, 6) is -0.296. The van der Waals surface area contributed by atoms with E-state index in [1.807, 2.05) is 37.3 Å². The van der Waals surface area contributed by atoms with Gasteiger partial charge in [0.15, 0.2) is 0 Å². The zero-order valence-electron chi connectivity index (χ0n) is 13.4. The largest absolute Gasteiger partial charge is 0.346 e. The summed E-state index contributed by atoms with van der Waals surface area (Å²) in [6.07, 6.45) is 1.74. The van der Waals surface area contributed by atoms with Crippen LogP contribution in [0.2, 0.25) is 0 Å². The third-order valence-corrected chi connectivity index (χ3v) is 5.47. The van der Waals surface area contributed by atoms with Crippen LogP contribution in [0.5, 0.6) is 0 Å². The lowest BCUT2D eigenvalue weighted by Gasteiger charge is -2.15. The Morgan fingerprint density at radius 1 is 1.08 bits per heavy atom. The second-order valence-corrected chi connectivity index (χ2v) is 7.74. The van der Waals surface area contributed by atoms with Gasteiger partial charge in [-0.25, -0.2) is 13.1 Å². The van der Waals surface area contributed by atoms with E-state index in [0.717, 1.165) is 18.4 Å². The topological polar surface area (TPSA) is 75.3 Å². The van der Waals surface area contributed by atoms with Crippen LogP contribution in [0.15, 0.2) is 59.5 Å². The molecule has 0 spiro atoms. The molecule has 24 heavy (non-hydrogen) atoms. The van der Waals surface area contributed by atoms with E-state index in [0.29, 0.717) is 5.56 Å². The summed E-state index contributed by atoms with van der Waals surface area (Å²) in [7, 11) is -3.56. The first-order valence-corrected chi connectivity index (χ1v) is 9.42. The first-order valence-electron chi connectivity index (χ1n) is 7.94. The van der Waals surface area contributed by atoms with Crippen molar-refractivity contribution in [2.24, 2.45) is 0 Å².